The number of nitrogens with one attached hydrogen (secondary N) is 1. The van der Waals surface area contributed by atoms with Crippen LogP contribution in [0.3, 0.4) is 0 Å². The summed E-state index contributed by atoms with van der Waals surface area (Å²) in [6.07, 6.45) is 2.95. The van der Waals surface area contributed by atoms with Crippen LogP contribution in [0, 0.1) is 11.3 Å². The van der Waals surface area contributed by atoms with Crippen molar-refractivity contribution >= 4 is 22.8 Å². The topological polar surface area (TPSA) is 115 Å². The molecule has 0 amide bonds. The van der Waals surface area contributed by atoms with Gasteiger partial charge in [-0.2, -0.15) is 20.3 Å². The first-order chi connectivity index (χ1) is 16.2. The van der Waals surface area contributed by atoms with Gasteiger partial charge in [0.2, 0.25) is 5.95 Å². The van der Waals surface area contributed by atoms with Gasteiger partial charge in [0.05, 0.1) is 48.2 Å². The second kappa shape index (κ2) is 8.26. The van der Waals surface area contributed by atoms with E-state index in [2.05, 4.69) is 26.3 Å². The van der Waals surface area contributed by atoms with Crippen molar-refractivity contribution in [2.75, 3.05) is 49.6 Å². The van der Waals surface area contributed by atoms with Crippen LogP contribution in [0.25, 0.3) is 16.7 Å². The molecule has 3 aromatic rings. The Hall–Kier alpha value is -3.26. The van der Waals surface area contributed by atoms with Crippen LogP contribution in [0.5, 0.6) is 0 Å². The van der Waals surface area contributed by atoms with Crippen molar-refractivity contribution in [3.05, 3.63) is 36.0 Å². The predicted molar refractivity (Wildman–Crippen MR) is 122 cm³/mol. The van der Waals surface area contributed by atoms with Crippen LogP contribution >= 0.6 is 0 Å². The van der Waals surface area contributed by atoms with Gasteiger partial charge in [0.1, 0.15) is 5.82 Å². The predicted octanol–water partition coefficient (Wildman–Crippen LogP) is 1.14. The van der Waals surface area contributed by atoms with E-state index in [1.807, 2.05) is 24.4 Å². The Morgan fingerprint density at radius 2 is 1.97 bits per heavy atom. The molecule has 1 aliphatic carbocycles. The first-order valence-corrected chi connectivity index (χ1v) is 11.5. The van der Waals surface area contributed by atoms with Crippen molar-refractivity contribution in [3.63, 3.8) is 0 Å². The molecule has 10 heteroatoms. The number of fused-ring (bicyclic) bond motifs is 1. The maximum Gasteiger partial charge on any atom is 0.226 e. The molecule has 3 fully saturated rings. The maximum absolute atomic E-state index is 9.68. The van der Waals surface area contributed by atoms with Crippen LogP contribution in [0.2, 0.25) is 0 Å². The average molecular weight is 447 g/mol. The molecule has 0 unspecified atom stereocenters. The lowest BCUT2D eigenvalue weighted by atomic mass is 9.90. The number of aromatic nitrogens is 4. The summed E-state index contributed by atoms with van der Waals surface area (Å²) in [6.45, 7) is 5.35. The maximum atomic E-state index is 9.68. The summed E-state index contributed by atoms with van der Waals surface area (Å²) in [5.74, 6) is 1.41. The molecule has 2 saturated heterocycles. The van der Waals surface area contributed by atoms with E-state index in [-0.39, 0.29) is 12.1 Å². The number of benzene rings is 1. The molecule has 0 bridgehead atoms. The lowest BCUT2D eigenvalue weighted by Gasteiger charge is -2.47. The highest BCUT2D eigenvalue weighted by Crippen LogP contribution is 2.32. The zero-order valence-electron chi connectivity index (χ0n) is 18.3. The van der Waals surface area contributed by atoms with Crippen molar-refractivity contribution in [2.24, 2.45) is 0 Å². The third-order valence-electron chi connectivity index (χ3n) is 6.80. The minimum atomic E-state index is -0.255. The van der Waals surface area contributed by atoms with Crippen LogP contribution in [-0.4, -0.2) is 87.3 Å². The Bertz CT molecular complexity index is 1200. The van der Waals surface area contributed by atoms with Gasteiger partial charge in [-0.3, -0.25) is 4.90 Å². The zero-order valence-corrected chi connectivity index (χ0v) is 18.3. The highest BCUT2D eigenvalue weighted by Gasteiger charge is 2.35. The van der Waals surface area contributed by atoms with Gasteiger partial charge in [-0.1, -0.05) is 6.07 Å². The molecule has 2 aromatic heterocycles. The van der Waals surface area contributed by atoms with Gasteiger partial charge in [0.25, 0.3) is 0 Å². The smallest absolute Gasteiger partial charge is 0.226 e. The normalized spacial score (nSPS) is 23.7. The quantitative estimate of drug-likeness (QED) is 0.595. The standard InChI is InChI=1S/C23H26N8O2/c24-11-15-2-1-3-17(8-15)31-22-20(12-25-31)21(27-23(28-22)26-16-9-19(32)10-16)30-13-18(14-30)29-4-6-33-7-5-29/h1-3,8,12,16,18-19,32H,4-7,9-10,13-14H2,(H,26,27,28)/t16-,19-. The minimum absolute atomic E-state index is 0.168. The van der Waals surface area contributed by atoms with E-state index in [4.69, 9.17) is 14.7 Å². The Morgan fingerprint density at radius 1 is 1.15 bits per heavy atom. The van der Waals surface area contributed by atoms with Gasteiger partial charge in [-0.25, -0.2) is 4.68 Å². The second-order valence-corrected chi connectivity index (χ2v) is 9.00. The summed E-state index contributed by atoms with van der Waals surface area (Å²) in [5, 5.41) is 27.9. The molecule has 6 rings (SSSR count). The van der Waals surface area contributed by atoms with E-state index in [0.29, 0.717) is 36.0 Å². The van der Waals surface area contributed by atoms with Crippen molar-refractivity contribution in [3.8, 4) is 11.8 Å². The Labute approximate surface area is 191 Å². The molecule has 0 atom stereocenters. The Morgan fingerprint density at radius 3 is 2.73 bits per heavy atom. The minimum Gasteiger partial charge on any atom is -0.393 e. The van der Waals surface area contributed by atoms with Crippen LogP contribution in [0.15, 0.2) is 30.5 Å². The van der Waals surface area contributed by atoms with Crippen molar-refractivity contribution in [1.29, 1.82) is 5.26 Å². The molecule has 33 heavy (non-hydrogen) atoms. The number of nitrogens with zero attached hydrogens (tertiary/aromatic N) is 7. The molecular weight excluding hydrogens is 420 g/mol. The fraction of sp³-hybridized carbons (Fsp3) is 0.478. The number of morpholine rings is 1. The van der Waals surface area contributed by atoms with E-state index in [9.17, 15) is 10.4 Å². The number of aliphatic hydroxyl groups is 1. The summed E-state index contributed by atoms with van der Waals surface area (Å²) in [4.78, 5) is 14.4. The van der Waals surface area contributed by atoms with Crippen LogP contribution in [0.1, 0.15) is 18.4 Å². The number of nitriles is 1. The monoisotopic (exact) mass is 446 g/mol. The molecule has 1 aromatic carbocycles. The van der Waals surface area contributed by atoms with Crippen molar-refractivity contribution < 1.29 is 9.84 Å². The first kappa shape index (κ1) is 20.4. The van der Waals surface area contributed by atoms with Crippen LogP contribution in [0.4, 0.5) is 11.8 Å². The van der Waals surface area contributed by atoms with E-state index < -0.39 is 0 Å². The summed E-state index contributed by atoms with van der Waals surface area (Å²) in [7, 11) is 0. The van der Waals surface area contributed by atoms with E-state index in [1.54, 1.807) is 10.7 Å². The van der Waals surface area contributed by atoms with Gasteiger partial charge in [0.15, 0.2) is 5.65 Å². The first-order valence-electron chi connectivity index (χ1n) is 11.5. The summed E-state index contributed by atoms with van der Waals surface area (Å²) in [5.41, 5.74) is 2.06. The largest absolute Gasteiger partial charge is 0.393 e. The molecule has 3 aliphatic rings. The van der Waals surface area contributed by atoms with E-state index >= 15 is 0 Å². The number of aliphatic hydroxyl groups excluding tert-OH is 1. The molecular formula is C23H26N8O2. The highest BCUT2D eigenvalue weighted by atomic mass is 16.5. The fourth-order valence-corrected chi connectivity index (χ4v) is 4.78. The number of rotatable bonds is 5. The summed E-state index contributed by atoms with van der Waals surface area (Å²) >= 11 is 0. The SMILES string of the molecule is N#Cc1cccc(-n2ncc3c(N4CC(N5CCOCC5)C4)nc(N[C@H]4C[C@H](O)C4)nc32)c1. The van der Waals surface area contributed by atoms with Crippen molar-refractivity contribution in [2.45, 2.75) is 31.0 Å². The fourth-order valence-electron chi connectivity index (χ4n) is 4.78. The molecule has 0 spiro atoms. The average Bonchev–Trinajstić information content (AvgIpc) is 3.22. The zero-order chi connectivity index (χ0) is 22.4. The molecule has 0 radical (unpaired) electrons. The van der Waals surface area contributed by atoms with E-state index in [0.717, 1.165) is 56.3 Å². The number of hydrogen-bond acceptors (Lipinski definition) is 9. The Kier molecular flexibility index (Phi) is 5.10. The van der Waals surface area contributed by atoms with E-state index in [1.165, 1.54) is 0 Å². The van der Waals surface area contributed by atoms with Gasteiger partial charge in [0, 0.05) is 38.3 Å². The number of ether oxygens (including phenoxy) is 1. The lowest BCUT2D eigenvalue weighted by molar-refractivity contribution is 0.0105. The van der Waals surface area contributed by atoms with Crippen LogP contribution in [-0.2, 0) is 4.74 Å². The lowest BCUT2D eigenvalue weighted by Crippen LogP contribution is -2.61. The molecule has 2 N–H and O–H groups in total. The van der Waals surface area contributed by atoms with Gasteiger partial charge < -0.3 is 20.1 Å². The van der Waals surface area contributed by atoms with Gasteiger partial charge in [-0.05, 0) is 31.0 Å². The third-order valence-corrected chi connectivity index (χ3v) is 6.80. The number of hydrogen-bond donors (Lipinski definition) is 2. The third kappa shape index (κ3) is 3.78. The second-order valence-electron chi connectivity index (χ2n) is 9.00. The van der Waals surface area contributed by atoms with Gasteiger partial charge in [-0.15, -0.1) is 0 Å². The number of anilines is 2. The summed E-state index contributed by atoms with van der Waals surface area (Å²) in [6, 6.07) is 10.2. The highest BCUT2D eigenvalue weighted by molar-refractivity contribution is 5.89. The summed E-state index contributed by atoms with van der Waals surface area (Å²) < 4.78 is 7.26. The van der Waals surface area contributed by atoms with Gasteiger partial charge >= 0.3 is 0 Å². The molecule has 4 heterocycles. The Balaban J connectivity index is 1.34. The van der Waals surface area contributed by atoms with Crippen molar-refractivity contribution in [1.82, 2.24) is 24.6 Å². The van der Waals surface area contributed by atoms with Crippen LogP contribution < -0.4 is 10.2 Å². The molecule has 2 aliphatic heterocycles. The molecule has 10 nitrogen and oxygen atoms in total. The molecule has 170 valence electrons. The molecule has 1 saturated carbocycles.